The second kappa shape index (κ2) is 6.20. The number of fused-ring (bicyclic) bond motifs is 1. The van der Waals surface area contributed by atoms with E-state index >= 15 is 0 Å². The van der Waals surface area contributed by atoms with E-state index in [0.717, 1.165) is 19.4 Å². The van der Waals surface area contributed by atoms with Crippen molar-refractivity contribution in [2.24, 2.45) is 5.73 Å². The molecule has 2 N–H and O–H groups in total. The van der Waals surface area contributed by atoms with Crippen LogP contribution in [-0.4, -0.2) is 12.6 Å². The Labute approximate surface area is 131 Å². The van der Waals surface area contributed by atoms with E-state index in [1.165, 1.54) is 23.2 Å². The largest absolute Gasteiger partial charge is 0.364 e. The quantitative estimate of drug-likeness (QED) is 0.919. The molecule has 0 radical (unpaired) electrons. The molecule has 2 unspecified atom stereocenters. The zero-order valence-electron chi connectivity index (χ0n) is 12.9. The van der Waals surface area contributed by atoms with Crippen LogP contribution >= 0.6 is 11.3 Å². The summed E-state index contributed by atoms with van der Waals surface area (Å²) in [6.45, 7) is 5.57. The summed E-state index contributed by atoms with van der Waals surface area (Å²) in [5.41, 5.74) is 10.2. The van der Waals surface area contributed by atoms with Crippen molar-refractivity contribution in [2.75, 3.05) is 11.4 Å². The molecule has 0 saturated carbocycles. The van der Waals surface area contributed by atoms with Crippen molar-refractivity contribution in [1.29, 1.82) is 0 Å². The summed E-state index contributed by atoms with van der Waals surface area (Å²) in [6, 6.07) is 12.0. The molecule has 2 nitrogen and oxygen atoms in total. The van der Waals surface area contributed by atoms with Crippen LogP contribution in [0.2, 0.25) is 0 Å². The van der Waals surface area contributed by atoms with Gasteiger partial charge >= 0.3 is 0 Å². The number of rotatable bonds is 4. The molecular formula is C18H24N2S. The molecule has 3 heteroatoms. The molecule has 21 heavy (non-hydrogen) atoms. The molecule has 2 heterocycles. The second-order valence-electron chi connectivity index (χ2n) is 5.96. The normalized spacial score (nSPS) is 19.4. The molecule has 1 aromatic carbocycles. The first-order chi connectivity index (χ1) is 10.2. The van der Waals surface area contributed by atoms with Crippen LogP contribution in [0.5, 0.6) is 0 Å². The van der Waals surface area contributed by atoms with Crippen LogP contribution in [0.25, 0.3) is 0 Å². The van der Waals surface area contributed by atoms with Crippen LogP contribution < -0.4 is 10.6 Å². The minimum atomic E-state index is 0.276. The highest BCUT2D eigenvalue weighted by atomic mass is 32.1. The maximum atomic E-state index is 6.04. The summed E-state index contributed by atoms with van der Waals surface area (Å²) in [5, 5.41) is 2.22. The van der Waals surface area contributed by atoms with Crippen molar-refractivity contribution in [3.63, 3.8) is 0 Å². The zero-order chi connectivity index (χ0) is 14.8. The average Bonchev–Trinajstić information content (AvgIpc) is 2.98. The molecule has 3 rings (SSSR count). The van der Waals surface area contributed by atoms with E-state index in [-0.39, 0.29) is 6.04 Å². The molecule has 1 aliphatic rings. The van der Waals surface area contributed by atoms with Gasteiger partial charge in [-0.3, -0.25) is 0 Å². The van der Waals surface area contributed by atoms with Crippen molar-refractivity contribution in [2.45, 2.75) is 45.2 Å². The van der Waals surface area contributed by atoms with Gasteiger partial charge in [0.1, 0.15) is 0 Å². The highest BCUT2D eigenvalue weighted by Gasteiger charge is 2.24. The fourth-order valence-corrected chi connectivity index (χ4v) is 4.10. The van der Waals surface area contributed by atoms with Gasteiger partial charge in [-0.25, -0.2) is 0 Å². The van der Waals surface area contributed by atoms with E-state index < -0.39 is 0 Å². The molecule has 1 aliphatic heterocycles. The van der Waals surface area contributed by atoms with Gasteiger partial charge in [0, 0.05) is 23.2 Å². The van der Waals surface area contributed by atoms with Crippen LogP contribution in [-0.2, 0) is 12.8 Å². The van der Waals surface area contributed by atoms with Crippen LogP contribution in [0.1, 0.15) is 42.3 Å². The number of thiophene rings is 1. The zero-order valence-corrected chi connectivity index (χ0v) is 13.7. The summed E-state index contributed by atoms with van der Waals surface area (Å²) >= 11 is 1.90. The third-order valence-electron chi connectivity index (χ3n) is 4.57. The monoisotopic (exact) mass is 300 g/mol. The SMILES string of the molecule is CCC(N)Cc1ccc(N2CCc3sccc3C2C)cc1. The average molecular weight is 300 g/mol. The van der Waals surface area contributed by atoms with Gasteiger partial charge in [0.05, 0.1) is 6.04 Å². The van der Waals surface area contributed by atoms with E-state index in [0.29, 0.717) is 6.04 Å². The molecule has 0 bridgehead atoms. The molecule has 112 valence electrons. The molecule has 0 fully saturated rings. The van der Waals surface area contributed by atoms with Crippen LogP contribution in [0.4, 0.5) is 5.69 Å². The van der Waals surface area contributed by atoms with Crippen LogP contribution in [0.3, 0.4) is 0 Å². The number of hydrogen-bond donors (Lipinski definition) is 1. The lowest BCUT2D eigenvalue weighted by atomic mass is 9.99. The molecule has 1 aromatic heterocycles. The summed E-state index contributed by atoms with van der Waals surface area (Å²) in [4.78, 5) is 4.07. The third-order valence-corrected chi connectivity index (χ3v) is 5.56. The Morgan fingerprint density at radius 1 is 1.29 bits per heavy atom. The molecule has 0 amide bonds. The lowest BCUT2D eigenvalue weighted by Crippen LogP contribution is -2.33. The smallest absolute Gasteiger partial charge is 0.0525 e. The minimum absolute atomic E-state index is 0.276. The maximum Gasteiger partial charge on any atom is 0.0525 e. The lowest BCUT2D eigenvalue weighted by Gasteiger charge is -2.35. The summed E-state index contributed by atoms with van der Waals surface area (Å²) in [7, 11) is 0. The number of nitrogens with two attached hydrogens (primary N) is 1. The fraction of sp³-hybridized carbons (Fsp3) is 0.444. The summed E-state index contributed by atoms with van der Waals surface area (Å²) < 4.78 is 0. The molecule has 0 aliphatic carbocycles. The van der Waals surface area contributed by atoms with E-state index in [1.54, 1.807) is 4.88 Å². The van der Waals surface area contributed by atoms with E-state index in [1.807, 2.05) is 11.3 Å². The fourth-order valence-electron chi connectivity index (χ4n) is 3.13. The minimum Gasteiger partial charge on any atom is -0.364 e. The van der Waals surface area contributed by atoms with Gasteiger partial charge in [0.25, 0.3) is 0 Å². The Morgan fingerprint density at radius 3 is 2.76 bits per heavy atom. The first-order valence-electron chi connectivity index (χ1n) is 7.86. The van der Waals surface area contributed by atoms with Gasteiger partial charge in [-0.2, -0.15) is 0 Å². The van der Waals surface area contributed by atoms with Gasteiger partial charge in [-0.15, -0.1) is 11.3 Å². The van der Waals surface area contributed by atoms with Gasteiger partial charge in [-0.1, -0.05) is 19.1 Å². The highest BCUT2D eigenvalue weighted by Crippen LogP contribution is 2.35. The second-order valence-corrected chi connectivity index (χ2v) is 6.96. The van der Waals surface area contributed by atoms with Gasteiger partial charge in [-0.05, 0) is 60.9 Å². The van der Waals surface area contributed by atoms with Crippen molar-refractivity contribution < 1.29 is 0 Å². The van der Waals surface area contributed by atoms with Crippen molar-refractivity contribution >= 4 is 17.0 Å². The maximum absolute atomic E-state index is 6.04. The number of benzene rings is 1. The topological polar surface area (TPSA) is 29.3 Å². The van der Waals surface area contributed by atoms with Crippen LogP contribution in [0, 0.1) is 0 Å². The molecule has 2 aromatic rings. The molecular weight excluding hydrogens is 276 g/mol. The highest BCUT2D eigenvalue weighted by molar-refractivity contribution is 7.10. The summed E-state index contributed by atoms with van der Waals surface area (Å²) in [5.74, 6) is 0. The molecule has 2 atom stereocenters. The predicted octanol–water partition coefficient (Wildman–Crippen LogP) is 4.15. The van der Waals surface area contributed by atoms with Gasteiger partial charge < -0.3 is 10.6 Å². The molecule has 0 spiro atoms. The Balaban J connectivity index is 1.76. The first kappa shape index (κ1) is 14.6. The predicted molar refractivity (Wildman–Crippen MR) is 92.2 cm³/mol. The van der Waals surface area contributed by atoms with E-state index in [2.05, 4.69) is 54.5 Å². The van der Waals surface area contributed by atoms with Gasteiger partial charge in [0.15, 0.2) is 0 Å². The van der Waals surface area contributed by atoms with Gasteiger partial charge in [0.2, 0.25) is 0 Å². The number of nitrogens with zero attached hydrogens (tertiary/aromatic N) is 1. The van der Waals surface area contributed by atoms with E-state index in [4.69, 9.17) is 5.73 Å². The van der Waals surface area contributed by atoms with Crippen molar-refractivity contribution in [3.05, 3.63) is 51.7 Å². The number of anilines is 1. The molecule has 0 saturated heterocycles. The van der Waals surface area contributed by atoms with Crippen LogP contribution in [0.15, 0.2) is 35.7 Å². The van der Waals surface area contributed by atoms with E-state index in [9.17, 15) is 0 Å². The van der Waals surface area contributed by atoms with Crippen molar-refractivity contribution in [3.8, 4) is 0 Å². The lowest BCUT2D eigenvalue weighted by molar-refractivity contribution is 0.631. The Morgan fingerprint density at radius 2 is 2.05 bits per heavy atom. The Hall–Kier alpha value is -1.32. The summed E-state index contributed by atoms with van der Waals surface area (Å²) in [6.07, 6.45) is 3.17. The number of hydrogen-bond acceptors (Lipinski definition) is 3. The third kappa shape index (κ3) is 2.99. The Bertz CT molecular complexity index is 588. The first-order valence-corrected chi connectivity index (χ1v) is 8.74. The Kier molecular flexibility index (Phi) is 4.32. The van der Waals surface area contributed by atoms with Crippen molar-refractivity contribution in [1.82, 2.24) is 0 Å². The standard InChI is InChI=1S/C18H24N2S/c1-3-15(19)12-14-4-6-16(7-5-14)20-10-8-18-17(13(20)2)9-11-21-18/h4-7,9,11,13,15H,3,8,10,12,19H2,1-2H3.